The van der Waals surface area contributed by atoms with Crippen LogP contribution in [0.1, 0.15) is 26.5 Å². The van der Waals surface area contributed by atoms with Crippen molar-refractivity contribution in [2.75, 3.05) is 7.11 Å². The summed E-state index contributed by atoms with van der Waals surface area (Å²) in [5.41, 5.74) is 2.00. The summed E-state index contributed by atoms with van der Waals surface area (Å²) in [6.45, 7) is 6.40. The first-order valence-corrected chi connectivity index (χ1v) is 5.72. The molecule has 0 spiro atoms. The molecule has 0 radical (unpaired) electrons. The maximum atomic E-state index is 5.39. The van der Waals surface area contributed by atoms with Crippen molar-refractivity contribution in [3.8, 4) is 11.4 Å². The van der Waals surface area contributed by atoms with Gasteiger partial charge in [-0.25, -0.2) is 4.68 Å². The Morgan fingerprint density at radius 2 is 1.76 bits per heavy atom. The maximum absolute atomic E-state index is 5.39. The molecule has 1 aromatic heterocycles. The van der Waals surface area contributed by atoms with Crippen molar-refractivity contribution < 1.29 is 4.74 Å². The summed E-state index contributed by atoms with van der Waals surface area (Å²) in [7, 11) is 1.68. The molecule has 0 unspecified atom stereocenters. The Labute approximate surface area is 102 Å². The van der Waals surface area contributed by atoms with E-state index in [2.05, 4.69) is 25.9 Å². The number of para-hydroxylation sites is 1. The topological polar surface area (TPSA) is 27.1 Å². The number of methoxy groups -OCH3 is 1. The first kappa shape index (κ1) is 11.7. The average molecular weight is 230 g/mol. The Kier molecular flexibility index (Phi) is 2.92. The van der Waals surface area contributed by atoms with Crippen LogP contribution in [-0.4, -0.2) is 16.9 Å². The quantitative estimate of drug-likeness (QED) is 0.792. The van der Waals surface area contributed by atoms with Crippen molar-refractivity contribution in [2.45, 2.75) is 26.2 Å². The molecule has 0 aliphatic rings. The SMILES string of the molecule is COc1cn(-c2ccccc2)nc1C(C)(C)C. The van der Waals surface area contributed by atoms with E-state index in [1.807, 2.05) is 41.2 Å². The summed E-state index contributed by atoms with van der Waals surface area (Å²) in [6.07, 6.45) is 1.93. The first-order chi connectivity index (χ1) is 8.02. The van der Waals surface area contributed by atoms with Crippen LogP contribution in [0.3, 0.4) is 0 Å². The molecule has 0 saturated carbocycles. The molecule has 0 N–H and O–H groups in total. The highest BCUT2D eigenvalue weighted by molar-refractivity contribution is 5.37. The molecule has 0 atom stereocenters. The van der Waals surface area contributed by atoms with Gasteiger partial charge in [0, 0.05) is 5.41 Å². The van der Waals surface area contributed by atoms with E-state index in [0.717, 1.165) is 17.1 Å². The van der Waals surface area contributed by atoms with Gasteiger partial charge >= 0.3 is 0 Å². The van der Waals surface area contributed by atoms with E-state index in [9.17, 15) is 0 Å². The lowest BCUT2D eigenvalue weighted by molar-refractivity contribution is 0.396. The van der Waals surface area contributed by atoms with Gasteiger partial charge in [0.25, 0.3) is 0 Å². The molecule has 0 saturated heterocycles. The number of aromatic nitrogens is 2. The highest BCUT2D eigenvalue weighted by Gasteiger charge is 2.23. The summed E-state index contributed by atoms with van der Waals surface area (Å²) in [5, 5.41) is 4.61. The molecule has 2 rings (SSSR count). The molecule has 17 heavy (non-hydrogen) atoms. The van der Waals surface area contributed by atoms with Crippen LogP contribution in [0.2, 0.25) is 0 Å². The normalized spacial score (nSPS) is 11.5. The Balaban J connectivity index is 2.49. The van der Waals surface area contributed by atoms with Gasteiger partial charge in [0.05, 0.1) is 19.0 Å². The van der Waals surface area contributed by atoms with Gasteiger partial charge in [0.1, 0.15) is 5.69 Å². The van der Waals surface area contributed by atoms with Gasteiger partial charge < -0.3 is 4.74 Å². The minimum atomic E-state index is -0.0224. The number of benzene rings is 1. The number of nitrogens with zero attached hydrogens (tertiary/aromatic N) is 2. The Morgan fingerprint density at radius 3 is 2.24 bits per heavy atom. The van der Waals surface area contributed by atoms with Crippen molar-refractivity contribution in [1.82, 2.24) is 9.78 Å². The zero-order valence-electron chi connectivity index (χ0n) is 10.8. The molecule has 2 aromatic rings. The van der Waals surface area contributed by atoms with Gasteiger partial charge in [-0.1, -0.05) is 39.0 Å². The minimum Gasteiger partial charge on any atom is -0.493 e. The summed E-state index contributed by atoms with van der Waals surface area (Å²) in [4.78, 5) is 0. The van der Waals surface area contributed by atoms with Gasteiger partial charge in [-0.2, -0.15) is 5.10 Å². The molecule has 0 amide bonds. The van der Waals surface area contributed by atoms with Crippen molar-refractivity contribution in [3.05, 3.63) is 42.2 Å². The van der Waals surface area contributed by atoms with Gasteiger partial charge in [0.2, 0.25) is 0 Å². The van der Waals surface area contributed by atoms with E-state index in [1.165, 1.54) is 0 Å². The molecule has 0 fully saturated rings. The number of ether oxygens (including phenoxy) is 1. The van der Waals surface area contributed by atoms with E-state index in [-0.39, 0.29) is 5.41 Å². The van der Waals surface area contributed by atoms with Crippen molar-refractivity contribution >= 4 is 0 Å². The lowest BCUT2D eigenvalue weighted by atomic mass is 9.92. The average Bonchev–Trinajstić information content (AvgIpc) is 2.74. The third-order valence-corrected chi connectivity index (χ3v) is 2.63. The second kappa shape index (κ2) is 4.24. The van der Waals surface area contributed by atoms with E-state index < -0.39 is 0 Å². The largest absolute Gasteiger partial charge is 0.493 e. The summed E-state index contributed by atoms with van der Waals surface area (Å²) in [5.74, 6) is 0.835. The molecule has 3 nitrogen and oxygen atoms in total. The van der Waals surface area contributed by atoms with Crippen LogP contribution in [0.5, 0.6) is 5.75 Å². The van der Waals surface area contributed by atoms with Gasteiger partial charge in [-0.3, -0.25) is 0 Å². The van der Waals surface area contributed by atoms with E-state index in [1.54, 1.807) is 7.11 Å². The number of hydrogen-bond acceptors (Lipinski definition) is 2. The fourth-order valence-electron chi connectivity index (χ4n) is 1.74. The third kappa shape index (κ3) is 2.33. The Morgan fingerprint density at radius 1 is 1.12 bits per heavy atom. The smallest absolute Gasteiger partial charge is 0.160 e. The van der Waals surface area contributed by atoms with Crippen molar-refractivity contribution in [2.24, 2.45) is 0 Å². The van der Waals surface area contributed by atoms with Crippen molar-refractivity contribution in [1.29, 1.82) is 0 Å². The highest BCUT2D eigenvalue weighted by atomic mass is 16.5. The first-order valence-electron chi connectivity index (χ1n) is 5.72. The molecule has 3 heteroatoms. The highest BCUT2D eigenvalue weighted by Crippen LogP contribution is 2.30. The standard InChI is InChI=1S/C14H18N2O/c1-14(2,3)13-12(17-4)10-16(15-13)11-8-6-5-7-9-11/h5-10H,1-4H3. The molecule has 90 valence electrons. The lowest BCUT2D eigenvalue weighted by Gasteiger charge is -2.16. The second-order valence-electron chi connectivity index (χ2n) is 5.08. The minimum absolute atomic E-state index is 0.0224. The number of rotatable bonds is 2. The van der Waals surface area contributed by atoms with E-state index in [4.69, 9.17) is 4.74 Å². The van der Waals surface area contributed by atoms with E-state index in [0.29, 0.717) is 0 Å². The molecular weight excluding hydrogens is 212 g/mol. The predicted molar refractivity (Wildman–Crippen MR) is 68.8 cm³/mol. The summed E-state index contributed by atoms with van der Waals surface area (Å²) >= 11 is 0. The zero-order valence-corrected chi connectivity index (χ0v) is 10.8. The van der Waals surface area contributed by atoms with Gasteiger partial charge in [-0.05, 0) is 12.1 Å². The Hall–Kier alpha value is -1.77. The number of hydrogen-bond donors (Lipinski definition) is 0. The van der Waals surface area contributed by atoms with Crippen LogP contribution in [0.25, 0.3) is 5.69 Å². The monoisotopic (exact) mass is 230 g/mol. The van der Waals surface area contributed by atoms with Gasteiger partial charge in [0.15, 0.2) is 5.75 Å². The maximum Gasteiger partial charge on any atom is 0.160 e. The van der Waals surface area contributed by atoms with E-state index >= 15 is 0 Å². The molecule has 1 aromatic carbocycles. The second-order valence-corrected chi connectivity index (χ2v) is 5.08. The molecule has 0 aliphatic carbocycles. The van der Waals surface area contributed by atoms with Crippen molar-refractivity contribution in [3.63, 3.8) is 0 Å². The third-order valence-electron chi connectivity index (χ3n) is 2.63. The van der Waals surface area contributed by atoms with Crippen LogP contribution >= 0.6 is 0 Å². The van der Waals surface area contributed by atoms with Crippen LogP contribution in [0.15, 0.2) is 36.5 Å². The fourth-order valence-corrected chi connectivity index (χ4v) is 1.74. The summed E-state index contributed by atoms with van der Waals surface area (Å²) in [6, 6.07) is 10.0. The Bertz CT molecular complexity index is 495. The lowest BCUT2D eigenvalue weighted by Crippen LogP contribution is -2.13. The predicted octanol–water partition coefficient (Wildman–Crippen LogP) is 3.18. The molecule has 0 bridgehead atoms. The molecule has 0 aliphatic heterocycles. The molecular formula is C14H18N2O. The molecule has 1 heterocycles. The fraction of sp³-hybridized carbons (Fsp3) is 0.357. The summed E-state index contributed by atoms with van der Waals surface area (Å²) < 4.78 is 7.25. The van der Waals surface area contributed by atoms with Crippen LogP contribution in [0, 0.1) is 0 Å². The zero-order chi connectivity index (χ0) is 12.5. The van der Waals surface area contributed by atoms with Crippen LogP contribution in [0.4, 0.5) is 0 Å². The van der Waals surface area contributed by atoms with Gasteiger partial charge in [-0.15, -0.1) is 0 Å². The van der Waals surface area contributed by atoms with Crippen LogP contribution < -0.4 is 4.74 Å². The van der Waals surface area contributed by atoms with Crippen LogP contribution in [-0.2, 0) is 5.41 Å².